The normalized spacial score (nSPS) is 23.5. The highest BCUT2D eigenvalue weighted by atomic mass is 16.5. The first-order valence-electron chi connectivity index (χ1n) is 8.96. The zero-order valence-corrected chi connectivity index (χ0v) is 14.4. The Balaban J connectivity index is 1.36. The molecule has 0 heterocycles. The average Bonchev–Trinajstić information content (AvgIpc) is 3.31. The van der Waals surface area contributed by atoms with Gasteiger partial charge in [-0.15, -0.1) is 0 Å². The van der Waals surface area contributed by atoms with Crippen LogP contribution < -0.4 is 4.74 Å². The molecule has 2 aliphatic carbocycles. The van der Waals surface area contributed by atoms with E-state index in [1.807, 2.05) is 30.3 Å². The fraction of sp³-hybridized carbons (Fsp3) is 0.217. The molecule has 0 aliphatic heterocycles. The Kier molecular flexibility index (Phi) is 4.53. The Morgan fingerprint density at radius 3 is 2.35 bits per heavy atom. The summed E-state index contributed by atoms with van der Waals surface area (Å²) in [5, 5.41) is 0. The van der Waals surface area contributed by atoms with Gasteiger partial charge in [-0.2, -0.15) is 0 Å². The lowest BCUT2D eigenvalue weighted by molar-refractivity contribution is -0.139. The Morgan fingerprint density at radius 2 is 1.69 bits per heavy atom. The molecule has 0 radical (unpaired) electrons. The molecular formula is C23H20O3. The van der Waals surface area contributed by atoms with E-state index in [0.29, 0.717) is 23.1 Å². The van der Waals surface area contributed by atoms with Crippen molar-refractivity contribution in [2.45, 2.75) is 12.8 Å². The number of esters is 1. The topological polar surface area (TPSA) is 43.4 Å². The van der Waals surface area contributed by atoms with E-state index in [1.165, 1.54) is 0 Å². The van der Waals surface area contributed by atoms with E-state index in [0.717, 1.165) is 18.4 Å². The SMILES string of the molecule is O=C(/C=C/c1ccc(OC(=O)[C@H]2C[C@@H]3C=C[C@H]2C3)cc1)c1ccccc1. The van der Waals surface area contributed by atoms with Crippen LogP contribution in [0.4, 0.5) is 0 Å². The van der Waals surface area contributed by atoms with Crippen molar-refractivity contribution in [3.63, 3.8) is 0 Å². The molecule has 2 aromatic rings. The maximum absolute atomic E-state index is 12.3. The molecule has 26 heavy (non-hydrogen) atoms. The number of hydrogen-bond acceptors (Lipinski definition) is 3. The third-order valence-corrected chi connectivity index (χ3v) is 5.17. The van der Waals surface area contributed by atoms with E-state index in [9.17, 15) is 9.59 Å². The first-order chi connectivity index (χ1) is 12.7. The van der Waals surface area contributed by atoms with Crippen molar-refractivity contribution in [3.05, 3.63) is 84.0 Å². The molecule has 3 atom stereocenters. The molecule has 0 amide bonds. The number of ketones is 1. The first-order valence-corrected chi connectivity index (χ1v) is 8.96. The number of carbonyl (C=O) groups excluding carboxylic acids is 2. The fourth-order valence-electron chi connectivity index (χ4n) is 3.76. The summed E-state index contributed by atoms with van der Waals surface area (Å²) in [4.78, 5) is 24.4. The van der Waals surface area contributed by atoms with Gasteiger partial charge in [0.05, 0.1) is 5.92 Å². The lowest BCUT2D eigenvalue weighted by atomic mass is 9.94. The predicted molar refractivity (Wildman–Crippen MR) is 101 cm³/mol. The van der Waals surface area contributed by atoms with Crippen molar-refractivity contribution < 1.29 is 14.3 Å². The minimum atomic E-state index is -0.135. The standard InChI is InChI=1S/C23H20O3/c24-22(18-4-2-1-3-5-18)13-9-16-7-11-20(12-8-16)26-23(25)21-15-17-6-10-19(21)14-17/h1-13,17,19,21H,14-15H2/b13-9+/t17-,19+,21+/m1/s1. The number of benzene rings is 2. The van der Waals surface area contributed by atoms with Crippen LogP contribution >= 0.6 is 0 Å². The first kappa shape index (κ1) is 16.5. The second-order valence-electron chi connectivity index (χ2n) is 6.94. The molecule has 130 valence electrons. The van der Waals surface area contributed by atoms with E-state index >= 15 is 0 Å². The zero-order valence-electron chi connectivity index (χ0n) is 14.4. The summed E-state index contributed by atoms with van der Waals surface area (Å²) in [6.45, 7) is 0. The van der Waals surface area contributed by atoms with E-state index in [4.69, 9.17) is 4.74 Å². The Labute approximate surface area is 153 Å². The smallest absolute Gasteiger partial charge is 0.314 e. The lowest BCUT2D eigenvalue weighted by Gasteiger charge is -2.16. The minimum absolute atomic E-state index is 0.00642. The molecule has 3 nitrogen and oxygen atoms in total. The molecule has 2 bridgehead atoms. The van der Waals surface area contributed by atoms with E-state index in [-0.39, 0.29) is 17.7 Å². The van der Waals surface area contributed by atoms with E-state index in [2.05, 4.69) is 12.2 Å². The van der Waals surface area contributed by atoms with Crippen LogP contribution in [0.5, 0.6) is 5.75 Å². The highest BCUT2D eigenvalue weighted by Gasteiger charge is 2.40. The number of hydrogen-bond donors (Lipinski definition) is 0. The van der Waals surface area contributed by atoms with Gasteiger partial charge in [-0.25, -0.2) is 0 Å². The second kappa shape index (κ2) is 7.12. The molecule has 4 rings (SSSR count). The molecule has 3 heteroatoms. The third-order valence-electron chi connectivity index (χ3n) is 5.17. The van der Waals surface area contributed by atoms with Crippen molar-refractivity contribution in [2.75, 3.05) is 0 Å². The van der Waals surface area contributed by atoms with Crippen LogP contribution in [0.3, 0.4) is 0 Å². The van der Waals surface area contributed by atoms with Crippen LogP contribution in [-0.4, -0.2) is 11.8 Å². The quantitative estimate of drug-likeness (QED) is 0.260. The summed E-state index contributed by atoms with van der Waals surface area (Å²) in [6.07, 6.45) is 9.67. The van der Waals surface area contributed by atoms with Crippen molar-refractivity contribution in [1.82, 2.24) is 0 Å². The van der Waals surface area contributed by atoms with Gasteiger partial charge in [-0.05, 0) is 48.4 Å². The largest absolute Gasteiger partial charge is 0.426 e. The number of fused-ring (bicyclic) bond motifs is 2. The summed E-state index contributed by atoms with van der Waals surface area (Å²) in [7, 11) is 0. The summed E-state index contributed by atoms with van der Waals surface area (Å²) < 4.78 is 5.54. The molecular weight excluding hydrogens is 324 g/mol. The Hall–Kier alpha value is -2.94. The average molecular weight is 344 g/mol. The van der Waals surface area contributed by atoms with Crippen molar-refractivity contribution in [1.29, 1.82) is 0 Å². The van der Waals surface area contributed by atoms with Crippen molar-refractivity contribution in [2.24, 2.45) is 17.8 Å². The highest BCUT2D eigenvalue weighted by Crippen LogP contribution is 2.43. The summed E-state index contributed by atoms with van der Waals surface area (Å²) in [5.74, 6) is 1.27. The van der Waals surface area contributed by atoms with Crippen LogP contribution in [0, 0.1) is 17.8 Å². The number of carbonyl (C=O) groups is 2. The molecule has 2 aliphatic rings. The summed E-state index contributed by atoms with van der Waals surface area (Å²) >= 11 is 0. The van der Waals surface area contributed by atoms with Gasteiger partial charge in [0.25, 0.3) is 0 Å². The molecule has 1 fully saturated rings. The van der Waals surface area contributed by atoms with Gasteiger partial charge in [0.1, 0.15) is 5.75 Å². The maximum Gasteiger partial charge on any atom is 0.314 e. The van der Waals surface area contributed by atoms with Crippen LogP contribution in [0.2, 0.25) is 0 Å². The maximum atomic E-state index is 12.3. The minimum Gasteiger partial charge on any atom is -0.426 e. The Morgan fingerprint density at radius 1 is 0.923 bits per heavy atom. The predicted octanol–water partition coefficient (Wildman–Crippen LogP) is 4.70. The van der Waals surface area contributed by atoms with Crippen LogP contribution in [0.25, 0.3) is 6.08 Å². The van der Waals surface area contributed by atoms with Gasteiger partial charge in [0, 0.05) is 5.56 Å². The molecule has 0 spiro atoms. The van der Waals surface area contributed by atoms with Gasteiger partial charge in [0.2, 0.25) is 0 Å². The van der Waals surface area contributed by atoms with E-state index < -0.39 is 0 Å². The second-order valence-corrected chi connectivity index (χ2v) is 6.94. The highest BCUT2D eigenvalue weighted by molar-refractivity contribution is 6.06. The number of rotatable bonds is 5. The number of allylic oxidation sites excluding steroid dienone is 3. The summed E-state index contributed by atoms with van der Waals surface area (Å²) in [5.41, 5.74) is 1.55. The molecule has 0 unspecified atom stereocenters. The monoisotopic (exact) mass is 344 g/mol. The zero-order chi connectivity index (χ0) is 17.9. The van der Waals surface area contributed by atoms with E-state index in [1.54, 1.807) is 36.4 Å². The summed E-state index contributed by atoms with van der Waals surface area (Å²) in [6, 6.07) is 16.4. The van der Waals surface area contributed by atoms with Crippen molar-refractivity contribution in [3.8, 4) is 5.75 Å². The van der Waals surface area contributed by atoms with Gasteiger partial charge in [-0.1, -0.05) is 60.7 Å². The molecule has 0 aromatic heterocycles. The van der Waals surface area contributed by atoms with Crippen LogP contribution in [0.1, 0.15) is 28.8 Å². The molecule has 2 aromatic carbocycles. The van der Waals surface area contributed by atoms with Gasteiger partial charge >= 0.3 is 5.97 Å². The van der Waals surface area contributed by atoms with Gasteiger partial charge in [0.15, 0.2) is 5.78 Å². The third kappa shape index (κ3) is 3.52. The molecule has 0 N–H and O–H groups in total. The van der Waals surface area contributed by atoms with Crippen LogP contribution in [0.15, 0.2) is 72.8 Å². The fourth-order valence-corrected chi connectivity index (χ4v) is 3.76. The lowest BCUT2D eigenvalue weighted by Crippen LogP contribution is -2.23. The van der Waals surface area contributed by atoms with Crippen LogP contribution in [-0.2, 0) is 4.79 Å². The van der Waals surface area contributed by atoms with Crippen molar-refractivity contribution >= 4 is 17.8 Å². The van der Waals surface area contributed by atoms with Gasteiger partial charge in [-0.3, -0.25) is 9.59 Å². The molecule has 1 saturated carbocycles. The number of ether oxygens (including phenoxy) is 1. The Bertz CT molecular complexity index is 862. The van der Waals surface area contributed by atoms with Gasteiger partial charge < -0.3 is 4.74 Å². The molecule has 0 saturated heterocycles.